The molecule has 166 valence electrons. The van der Waals surface area contributed by atoms with Gasteiger partial charge in [0, 0.05) is 39.6 Å². The van der Waals surface area contributed by atoms with Gasteiger partial charge in [-0.3, -0.25) is 0 Å². The maximum atomic E-state index is 13.7. The summed E-state index contributed by atoms with van der Waals surface area (Å²) >= 11 is 0. The topological polar surface area (TPSA) is 86.7 Å². The van der Waals surface area contributed by atoms with Crippen LogP contribution in [0.15, 0.2) is 41.5 Å². The number of benzene rings is 1. The number of rotatable bonds is 8. The third-order valence-electron chi connectivity index (χ3n) is 4.06. The van der Waals surface area contributed by atoms with E-state index in [4.69, 9.17) is 0 Å². The smallest absolute Gasteiger partial charge is 0.191 e. The van der Waals surface area contributed by atoms with Crippen LogP contribution in [-0.2, 0) is 28.7 Å². The van der Waals surface area contributed by atoms with Crippen molar-refractivity contribution in [3.05, 3.63) is 59.0 Å². The summed E-state index contributed by atoms with van der Waals surface area (Å²) in [5, 5.41) is 6.29. The van der Waals surface area contributed by atoms with E-state index in [1.165, 1.54) is 18.2 Å². The van der Waals surface area contributed by atoms with Crippen molar-refractivity contribution in [1.29, 1.82) is 0 Å². The number of hydrogen-bond donors (Lipinski definition) is 2. The third-order valence-corrected chi connectivity index (χ3v) is 4.90. The minimum absolute atomic E-state index is 0. The van der Waals surface area contributed by atoms with E-state index in [1.807, 2.05) is 38.1 Å². The Balaban J connectivity index is 0.00000450. The van der Waals surface area contributed by atoms with Crippen molar-refractivity contribution in [2.45, 2.75) is 25.8 Å². The summed E-state index contributed by atoms with van der Waals surface area (Å²) in [4.78, 5) is 10.8. The van der Waals surface area contributed by atoms with Gasteiger partial charge in [0.25, 0.3) is 0 Å². The fourth-order valence-corrected chi connectivity index (χ4v) is 3.52. The van der Waals surface area contributed by atoms with Crippen molar-refractivity contribution >= 4 is 45.6 Å². The van der Waals surface area contributed by atoms with E-state index >= 15 is 0 Å². The fraction of sp³-hybridized carbons (Fsp3) is 0.400. The Hall–Kier alpha value is -1.95. The first-order valence-electron chi connectivity index (χ1n) is 9.27. The van der Waals surface area contributed by atoms with Gasteiger partial charge < -0.3 is 15.5 Å². The van der Waals surface area contributed by atoms with Crippen molar-refractivity contribution in [2.75, 3.05) is 31.8 Å². The summed E-state index contributed by atoms with van der Waals surface area (Å²) in [6, 6.07) is 8.00. The second kappa shape index (κ2) is 12.0. The number of halogens is 2. The highest BCUT2D eigenvalue weighted by Gasteiger charge is 2.11. The zero-order valence-corrected chi connectivity index (χ0v) is 20.8. The summed E-state index contributed by atoms with van der Waals surface area (Å²) in [5.74, 6) is 0.863. The van der Waals surface area contributed by atoms with E-state index in [2.05, 4.69) is 20.6 Å². The van der Waals surface area contributed by atoms with Crippen LogP contribution in [-0.4, -0.2) is 46.3 Å². The first-order valence-corrected chi connectivity index (χ1v) is 11.3. The number of aromatic nitrogens is 1. The van der Waals surface area contributed by atoms with Gasteiger partial charge in [-0.05, 0) is 47.9 Å². The quantitative estimate of drug-likeness (QED) is 0.299. The number of nitrogens with one attached hydrogen (secondary N) is 2. The molecule has 0 saturated heterocycles. The zero-order chi connectivity index (χ0) is 21.4. The Morgan fingerprint density at radius 3 is 2.53 bits per heavy atom. The fourth-order valence-electron chi connectivity index (χ4n) is 2.68. The number of sulfone groups is 1. The molecule has 2 aromatic rings. The van der Waals surface area contributed by atoms with Gasteiger partial charge in [0.05, 0.1) is 12.3 Å². The number of nitrogens with zero attached hydrogens (tertiary/aromatic N) is 3. The van der Waals surface area contributed by atoms with Gasteiger partial charge in [-0.2, -0.15) is 0 Å². The Kier molecular flexibility index (Phi) is 10.5. The molecular formula is C20H29FIN5O2S. The van der Waals surface area contributed by atoms with Crippen LogP contribution in [0.4, 0.5) is 10.2 Å². The first-order chi connectivity index (χ1) is 13.7. The van der Waals surface area contributed by atoms with Crippen LogP contribution in [0.25, 0.3) is 0 Å². The lowest BCUT2D eigenvalue weighted by Gasteiger charge is -2.15. The van der Waals surface area contributed by atoms with Gasteiger partial charge in [0.15, 0.2) is 15.8 Å². The molecule has 0 radical (unpaired) electrons. The van der Waals surface area contributed by atoms with Crippen LogP contribution in [0.2, 0.25) is 0 Å². The molecule has 0 fully saturated rings. The predicted molar refractivity (Wildman–Crippen MR) is 131 cm³/mol. The first kappa shape index (κ1) is 26.1. The summed E-state index contributed by atoms with van der Waals surface area (Å²) in [6.45, 7) is 3.31. The summed E-state index contributed by atoms with van der Waals surface area (Å²) in [6.07, 6.45) is 2.90. The minimum Gasteiger partial charge on any atom is -0.363 e. The van der Waals surface area contributed by atoms with E-state index in [1.54, 1.807) is 6.20 Å². The number of pyridine rings is 1. The summed E-state index contributed by atoms with van der Waals surface area (Å²) in [7, 11) is 0.625. The third kappa shape index (κ3) is 8.82. The molecular weight excluding hydrogens is 520 g/mol. The molecule has 0 spiro atoms. The molecule has 2 rings (SSSR count). The van der Waals surface area contributed by atoms with Crippen LogP contribution in [0, 0.1) is 5.82 Å². The van der Waals surface area contributed by atoms with Crippen LogP contribution < -0.4 is 15.5 Å². The van der Waals surface area contributed by atoms with E-state index in [0.717, 1.165) is 17.6 Å². The molecule has 0 amide bonds. The van der Waals surface area contributed by atoms with E-state index in [9.17, 15) is 12.8 Å². The normalized spacial score (nSPS) is 11.6. The molecule has 0 aliphatic heterocycles. The molecule has 0 unspecified atom stereocenters. The number of guanidine groups is 1. The Morgan fingerprint density at radius 2 is 1.90 bits per heavy atom. The predicted octanol–water partition coefficient (Wildman–Crippen LogP) is 2.70. The maximum Gasteiger partial charge on any atom is 0.191 e. The van der Waals surface area contributed by atoms with E-state index in [0.29, 0.717) is 30.2 Å². The minimum atomic E-state index is -3.22. The second-order valence-electron chi connectivity index (χ2n) is 6.95. The molecule has 10 heteroatoms. The number of hydrogen-bond acceptors (Lipinski definition) is 5. The molecule has 1 aromatic heterocycles. The van der Waals surface area contributed by atoms with Gasteiger partial charge in [-0.1, -0.05) is 6.07 Å². The molecule has 1 heterocycles. The van der Waals surface area contributed by atoms with Crippen LogP contribution >= 0.6 is 24.0 Å². The SMILES string of the molecule is CCNC(=NCc1ccnc(N(C)C)c1)NCc1cc(F)ccc1CS(C)(=O)=O.I. The molecule has 0 bridgehead atoms. The van der Waals surface area contributed by atoms with Crippen molar-refractivity contribution in [3.63, 3.8) is 0 Å². The molecule has 2 N–H and O–H groups in total. The molecule has 0 atom stereocenters. The average molecular weight is 549 g/mol. The Bertz CT molecular complexity index is 967. The highest BCUT2D eigenvalue weighted by molar-refractivity contribution is 14.0. The van der Waals surface area contributed by atoms with Crippen molar-refractivity contribution in [1.82, 2.24) is 15.6 Å². The van der Waals surface area contributed by atoms with Crippen LogP contribution in [0.1, 0.15) is 23.6 Å². The largest absolute Gasteiger partial charge is 0.363 e. The Morgan fingerprint density at radius 1 is 1.17 bits per heavy atom. The van der Waals surface area contributed by atoms with Crippen molar-refractivity contribution in [3.8, 4) is 0 Å². The van der Waals surface area contributed by atoms with E-state index in [-0.39, 0.29) is 36.3 Å². The van der Waals surface area contributed by atoms with Gasteiger partial charge in [-0.25, -0.2) is 22.8 Å². The van der Waals surface area contributed by atoms with Gasteiger partial charge in [-0.15, -0.1) is 24.0 Å². The molecule has 1 aromatic carbocycles. The van der Waals surface area contributed by atoms with E-state index < -0.39 is 15.7 Å². The van der Waals surface area contributed by atoms with Crippen molar-refractivity contribution < 1.29 is 12.8 Å². The monoisotopic (exact) mass is 549 g/mol. The zero-order valence-electron chi connectivity index (χ0n) is 17.6. The lowest BCUT2D eigenvalue weighted by atomic mass is 10.1. The average Bonchev–Trinajstić information content (AvgIpc) is 2.65. The maximum absolute atomic E-state index is 13.7. The summed E-state index contributed by atoms with van der Waals surface area (Å²) in [5.41, 5.74) is 2.16. The lowest BCUT2D eigenvalue weighted by Crippen LogP contribution is -2.37. The molecule has 30 heavy (non-hydrogen) atoms. The Labute approximate surface area is 195 Å². The molecule has 7 nitrogen and oxygen atoms in total. The molecule has 0 saturated carbocycles. The van der Waals surface area contributed by atoms with Gasteiger partial charge in [0.1, 0.15) is 11.6 Å². The standard InChI is InChI=1S/C20H28FN5O2S.HI/c1-5-22-20(24-12-15-8-9-23-19(10-15)26(2)3)25-13-17-11-18(21)7-6-16(17)14-29(4,27)28;/h6-11H,5,12-14H2,1-4H3,(H2,22,24,25);1H. The highest BCUT2D eigenvalue weighted by Crippen LogP contribution is 2.15. The van der Waals surface area contributed by atoms with Crippen molar-refractivity contribution in [2.24, 2.45) is 4.99 Å². The number of aliphatic imine (C=N–C) groups is 1. The summed E-state index contributed by atoms with van der Waals surface area (Å²) < 4.78 is 37.0. The van der Waals surface area contributed by atoms with Crippen LogP contribution in [0.3, 0.4) is 0 Å². The molecule has 0 aliphatic rings. The second-order valence-corrected chi connectivity index (χ2v) is 9.09. The highest BCUT2D eigenvalue weighted by atomic mass is 127. The van der Waals surface area contributed by atoms with Crippen LogP contribution in [0.5, 0.6) is 0 Å². The van der Waals surface area contributed by atoms with Gasteiger partial charge >= 0.3 is 0 Å². The molecule has 0 aliphatic carbocycles. The lowest BCUT2D eigenvalue weighted by molar-refractivity contribution is 0.599. The number of anilines is 1. The van der Waals surface area contributed by atoms with Gasteiger partial charge in [0.2, 0.25) is 0 Å².